The maximum absolute atomic E-state index is 13.3. The van der Waals surface area contributed by atoms with E-state index in [0.29, 0.717) is 25.3 Å². The molecule has 0 bridgehead atoms. The van der Waals surface area contributed by atoms with E-state index in [9.17, 15) is 14.0 Å². The van der Waals surface area contributed by atoms with Gasteiger partial charge in [-0.15, -0.1) is 0 Å². The lowest BCUT2D eigenvalue weighted by Crippen LogP contribution is -2.34. The van der Waals surface area contributed by atoms with Crippen molar-refractivity contribution < 1.29 is 14.0 Å². The van der Waals surface area contributed by atoms with E-state index < -0.39 is 0 Å². The summed E-state index contributed by atoms with van der Waals surface area (Å²) in [4.78, 5) is 30.5. The van der Waals surface area contributed by atoms with Gasteiger partial charge >= 0.3 is 6.03 Å². The molecule has 2 N–H and O–H groups in total. The molecule has 7 heteroatoms. The number of halogens is 1. The predicted molar refractivity (Wildman–Crippen MR) is 98.2 cm³/mol. The van der Waals surface area contributed by atoms with E-state index in [1.54, 1.807) is 29.4 Å². The highest BCUT2D eigenvalue weighted by molar-refractivity contribution is 5.90. The number of hydrogen-bond acceptors (Lipinski definition) is 3. The van der Waals surface area contributed by atoms with Crippen LogP contribution in [0.25, 0.3) is 0 Å². The molecule has 27 heavy (non-hydrogen) atoms. The molecule has 2 aliphatic rings. The Morgan fingerprint density at radius 3 is 2.85 bits per heavy atom. The summed E-state index contributed by atoms with van der Waals surface area (Å²) < 4.78 is 13.3. The number of hydrogen-bond donors (Lipinski definition) is 2. The molecular formula is C20H21FN4O2. The van der Waals surface area contributed by atoms with E-state index in [1.807, 2.05) is 12.1 Å². The van der Waals surface area contributed by atoms with Crippen molar-refractivity contribution in [2.75, 3.05) is 18.4 Å². The fraction of sp³-hybridized carbons (Fsp3) is 0.350. The third kappa shape index (κ3) is 3.77. The quantitative estimate of drug-likeness (QED) is 0.871. The molecule has 2 aromatic rings. The molecule has 1 aliphatic carbocycles. The predicted octanol–water partition coefficient (Wildman–Crippen LogP) is 2.78. The van der Waals surface area contributed by atoms with Gasteiger partial charge in [-0.2, -0.15) is 0 Å². The lowest BCUT2D eigenvalue weighted by Gasteiger charge is -2.17. The number of nitrogens with zero attached hydrogens (tertiary/aromatic N) is 2. The van der Waals surface area contributed by atoms with Gasteiger partial charge in [0.2, 0.25) is 5.91 Å². The minimum Gasteiger partial charge on any atom is -0.352 e. The number of anilines is 1. The molecule has 2 atom stereocenters. The molecule has 1 saturated carbocycles. The maximum Gasteiger partial charge on any atom is 0.321 e. The van der Waals surface area contributed by atoms with Crippen molar-refractivity contribution in [1.82, 2.24) is 15.2 Å². The van der Waals surface area contributed by atoms with Crippen molar-refractivity contribution >= 4 is 17.6 Å². The van der Waals surface area contributed by atoms with E-state index in [2.05, 4.69) is 15.6 Å². The van der Waals surface area contributed by atoms with Gasteiger partial charge in [-0.3, -0.25) is 9.78 Å². The van der Waals surface area contributed by atoms with Gasteiger partial charge in [-0.05, 0) is 48.7 Å². The number of benzene rings is 1. The molecule has 1 spiro atoms. The normalized spacial score (nSPS) is 23.3. The largest absolute Gasteiger partial charge is 0.352 e. The van der Waals surface area contributed by atoms with Gasteiger partial charge < -0.3 is 15.5 Å². The number of aromatic nitrogens is 1. The van der Waals surface area contributed by atoms with E-state index in [0.717, 1.165) is 18.4 Å². The summed E-state index contributed by atoms with van der Waals surface area (Å²) in [6.45, 7) is 1.65. The number of urea groups is 1. The zero-order valence-corrected chi connectivity index (χ0v) is 14.8. The molecule has 140 valence electrons. The first kappa shape index (κ1) is 17.5. The summed E-state index contributed by atoms with van der Waals surface area (Å²) in [6, 6.07) is 9.32. The number of carbonyl (C=O) groups is 2. The van der Waals surface area contributed by atoms with Crippen molar-refractivity contribution in [3.8, 4) is 0 Å². The van der Waals surface area contributed by atoms with Gasteiger partial charge in [0.05, 0.1) is 0 Å². The summed E-state index contributed by atoms with van der Waals surface area (Å²) in [5, 5.41) is 5.70. The second-order valence-corrected chi connectivity index (χ2v) is 7.30. The zero-order chi connectivity index (χ0) is 18.9. The highest BCUT2D eigenvalue weighted by Gasteiger charge is 2.61. The lowest BCUT2D eigenvalue weighted by atomic mass is 10.0. The number of amides is 3. The smallest absolute Gasteiger partial charge is 0.321 e. The highest BCUT2D eigenvalue weighted by Crippen LogP contribution is 2.58. The molecular weight excluding hydrogens is 347 g/mol. The molecule has 1 aliphatic heterocycles. The van der Waals surface area contributed by atoms with Gasteiger partial charge in [0.15, 0.2) is 0 Å². The molecule has 0 radical (unpaired) electrons. The third-order valence-corrected chi connectivity index (χ3v) is 5.47. The van der Waals surface area contributed by atoms with Crippen LogP contribution in [0.2, 0.25) is 0 Å². The number of likely N-dealkylation sites (tertiary alicyclic amines) is 1. The average Bonchev–Trinajstić information content (AvgIpc) is 3.20. The molecule has 0 unspecified atom stereocenters. The first-order chi connectivity index (χ1) is 13.1. The number of rotatable bonds is 4. The van der Waals surface area contributed by atoms with Crippen molar-refractivity contribution in [2.24, 2.45) is 11.3 Å². The van der Waals surface area contributed by atoms with Crippen LogP contribution in [0.3, 0.4) is 0 Å². The summed E-state index contributed by atoms with van der Waals surface area (Å²) in [5.74, 6) is -0.399. The van der Waals surface area contributed by atoms with E-state index in [1.165, 1.54) is 12.1 Å². The van der Waals surface area contributed by atoms with Crippen LogP contribution in [0, 0.1) is 17.2 Å². The summed E-state index contributed by atoms with van der Waals surface area (Å²) in [5.41, 5.74) is 1.33. The third-order valence-electron chi connectivity index (χ3n) is 5.47. The topological polar surface area (TPSA) is 74.3 Å². The summed E-state index contributed by atoms with van der Waals surface area (Å²) >= 11 is 0. The minimum atomic E-state index is -0.390. The van der Waals surface area contributed by atoms with Crippen molar-refractivity contribution in [1.29, 1.82) is 0 Å². The van der Waals surface area contributed by atoms with Crippen LogP contribution in [-0.4, -0.2) is 34.9 Å². The highest BCUT2D eigenvalue weighted by atomic mass is 19.1. The molecule has 2 fully saturated rings. The Balaban J connectivity index is 1.29. The van der Waals surface area contributed by atoms with Gasteiger partial charge in [0, 0.05) is 49.0 Å². The van der Waals surface area contributed by atoms with Gasteiger partial charge in [0.25, 0.3) is 0 Å². The van der Waals surface area contributed by atoms with Crippen LogP contribution in [0.15, 0.2) is 48.8 Å². The monoisotopic (exact) mass is 368 g/mol. The average molecular weight is 368 g/mol. The molecule has 6 nitrogen and oxygen atoms in total. The van der Waals surface area contributed by atoms with E-state index in [4.69, 9.17) is 0 Å². The lowest BCUT2D eigenvalue weighted by molar-refractivity contribution is -0.123. The second kappa shape index (κ2) is 6.98. The SMILES string of the molecule is O=C(NCc1ccncc1)[C@H]1C[C@@]12CCN(C(=O)Nc1cccc(F)c1)C2. The van der Waals surface area contributed by atoms with Crippen LogP contribution >= 0.6 is 0 Å². The van der Waals surface area contributed by atoms with Gasteiger partial charge in [0.1, 0.15) is 5.82 Å². The van der Waals surface area contributed by atoms with Crippen molar-refractivity contribution in [3.63, 3.8) is 0 Å². The Labute approximate surface area is 156 Å². The van der Waals surface area contributed by atoms with Crippen LogP contribution in [-0.2, 0) is 11.3 Å². The van der Waals surface area contributed by atoms with Crippen LogP contribution < -0.4 is 10.6 Å². The summed E-state index contributed by atoms with van der Waals surface area (Å²) in [7, 11) is 0. The van der Waals surface area contributed by atoms with Crippen molar-refractivity contribution in [3.05, 3.63) is 60.2 Å². The van der Waals surface area contributed by atoms with Crippen LogP contribution in [0.5, 0.6) is 0 Å². The Kier molecular flexibility index (Phi) is 4.51. The molecule has 1 aromatic heterocycles. The van der Waals surface area contributed by atoms with Gasteiger partial charge in [-0.25, -0.2) is 9.18 Å². The fourth-order valence-electron chi connectivity index (χ4n) is 3.82. The Bertz CT molecular complexity index is 860. The standard InChI is InChI=1S/C20H21FN4O2/c21-15-2-1-3-16(10-15)24-19(27)25-9-6-20(13-25)11-17(20)18(26)23-12-14-4-7-22-8-5-14/h1-5,7-8,10,17H,6,9,11-13H2,(H,23,26)(H,24,27)/t17-,20-/m1/s1. The summed E-state index contributed by atoms with van der Waals surface area (Å²) in [6.07, 6.45) is 5.02. The Morgan fingerprint density at radius 1 is 1.26 bits per heavy atom. The first-order valence-corrected chi connectivity index (χ1v) is 9.04. The molecule has 1 aromatic carbocycles. The number of nitrogens with one attached hydrogen (secondary N) is 2. The number of pyridine rings is 1. The fourth-order valence-corrected chi connectivity index (χ4v) is 3.82. The minimum absolute atomic E-state index is 0.0409. The Morgan fingerprint density at radius 2 is 2.07 bits per heavy atom. The van der Waals surface area contributed by atoms with E-state index >= 15 is 0 Å². The number of carbonyl (C=O) groups excluding carboxylic acids is 2. The second-order valence-electron chi connectivity index (χ2n) is 7.30. The molecule has 2 heterocycles. The van der Waals surface area contributed by atoms with Crippen LogP contribution in [0.1, 0.15) is 18.4 Å². The Hall–Kier alpha value is -2.96. The van der Waals surface area contributed by atoms with Crippen molar-refractivity contribution in [2.45, 2.75) is 19.4 Å². The van der Waals surface area contributed by atoms with Crippen LogP contribution in [0.4, 0.5) is 14.9 Å². The molecule has 3 amide bonds. The first-order valence-electron chi connectivity index (χ1n) is 9.04. The zero-order valence-electron chi connectivity index (χ0n) is 14.8. The van der Waals surface area contributed by atoms with Gasteiger partial charge in [-0.1, -0.05) is 6.07 Å². The molecule has 4 rings (SSSR count). The van der Waals surface area contributed by atoms with E-state index in [-0.39, 0.29) is 29.1 Å². The maximum atomic E-state index is 13.3. The molecule has 1 saturated heterocycles.